The molecule has 0 N–H and O–H groups in total. The van der Waals surface area contributed by atoms with Gasteiger partial charge in [-0.05, 0) is 80.6 Å². The standard InChI is InChI=1S/C24H30/c1-15-9-19(23(3,4)5)12-17-11-18-13-20(24(6,7)8)10-16(2)22(18)14-21(15)17/h9-14H,1-8H3. The Balaban J connectivity index is 2.36. The molecular formula is C24H30. The Kier molecular flexibility index (Phi) is 3.79. The summed E-state index contributed by atoms with van der Waals surface area (Å²) in [4.78, 5) is 0. The van der Waals surface area contributed by atoms with E-state index in [1.165, 1.54) is 43.8 Å². The van der Waals surface area contributed by atoms with E-state index in [1.54, 1.807) is 0 Å². The molecule has 24 heavy (non-hydrogen) atoms. The van der Waals surface area contributed by atoms with E-state index >= 15 is 0 Å². The van der Waals surface area contributed by atoms with E-state index in [2.05, 4.69) is 91.8 Å². The second kappa shape index (κ2) is 5.34. The first-order chi connectivity index (χ1) is 11.0. The maximum atomic E-state index is 2.38. The Morgan fingerprint density at radius 1 is 0.500 bits per heavy atom. The lowest BCUT2D eigenvalue weighted by Crippen LogP contribution is -2.11. The van der Waals surface area contributed by atoms with Gasteiger partial charge in [0.2, 0.25) is 0 Å². The fourth-order valence-electron chi connectivity index (χ4n) is 3.46. The molecule has 0 radical (unpaired) electrons. The first-order valence-electron chi connectivity index (χ1n) is 8.96. The first kappa shape index (κ1) is 17.0. The van der Waals surface area contributed by atoms with Gasteiger partial charge in [-0.2, -0.15) is 0 Å². The molecule has 0 aromatic heterocycles. The number of hydrogen-bond acceptors (Lipinski definition) is 0. The van der Waals surface area contributed by atoms with Crippen molar-refractivity contribution in [1.29, 1.82) is 0 Å². The normalized spacial score (nSPS) is 13.0. The van der Waals surface area contributed by atoms with Gasteiger partial charge in [0.25, 0.3) is 0 Å². The summed E-state index contributed by atoms with van der Waals surface area (Å²) >= 11 is 0. The molecule has 0 unspecified atom stereocenters. The molecule has 0 saturated heterocycles. The SMILES string of the molecule is Cc1cc(C(C)(C)C)cc2cc3cc(C(C)(C)C)cc(C)c3cc12. The number of hydrogen-bond donors (Lipinski definition) is 0. The predicted octanol–water partition coefficient (Wildman–Crippen LogP) is 7.20. The Labute approximate surface area is 146 Å². The highest BCUT2D eigenvalue weighted by Gasteiger charge is 2.17. The summed E-state index contributed by atoms with van der Waals surface area (Å²) in [6, 6.07) is 14.2. The fourth-order valence-corrected chi connectivity index (χ4v) is 3.46. The summed E-state index contributed by atoms with van der Waals surface area (Å²) in [6.07, 6.45) is 0. The Hall–Kier alpha value is -1.82. The van der Waals surface area contributed by atoms with Gasteiger partial charge < -0.3 is 0 Å². The van der Waals surface area contributed by atoms with Crippen LogP contribution in [0.1, 0.15) is 63.8 Å². The van der Waals surface area contributed by atoms with Gasteiger partial charge in [0.05, 0.1) is 0 Å². The average molecular weight is 319 g/mol. The van der Waals surface area contributed by atoms with Crippen molar-refractivity contribution in [1.82, 2.24) is 0 Å². The molecule has 0 heterocycles. The van der Waals surface area contributed by atoms with Crippen LogP contribution < -0.4 is 0 Å². The van der Waals surface area contributed by atoms with Gasteiger partial charge in [-0.25, -0.2) is 0 Å². The molecule has 126 valence electrons. The third-order valence-corrected chi connectivity index (χ3v) is 5.17. The molecule has 0 heteroatoms. The van der Waals surface area contributed by atoms with E-state index in [1.807, 2.05) is 0 Å². The van der Waals surface area contributed by atoms with Crippen molar-refractivity contribution in [3.05, 3.63) is 58.7 Å². The number of fused-ring (bicyclic) bond motifs is 2. The van der Waals surface area contributed by atoms with Crippen molar-refractivity contribution in [2.75, 3.05) is 0 Å². The fraction of sp³-hybridized carbons (Fsp3) is 0.417. The maximum absolute atomic E-state index is 2.38. The molecule has 0 aliphatic rings. The first-order valence-corrected chi connectivity index (χ1v) is 8.96. The Morgan fingerprint density at radius 2 is 0.875 bits per heavy atom. The molecule has 0 atom stereocenters. The summed E-state index contributed by atoms with van der Waals surface area (Å²) in [6.45, 7) is 18.2. The van der Waals surface area contributed by atoms with Crippen LogP contribution in [-0.2, 0) is 10.8 Å². The highest BCUT2D eigenvalue weighted by Crippen LogP contribution is 2.34. The van der Waals surface area contributed by atoms with Crippen molar-refractivity contribution in [3.8, 4) is 0 Å². The van der Waals surface area contributed by atoms with E-state index < -0.39 is 0 Å². The van der Waals surface area contributed by atoms with E-state index in [0.29, 0.717) is 0 Å². The minimum absolute atomic E-state index is 0.178. The van der Waals surface area contributed by atoms with Gasteiger partial charge >= 0.3 is 0 Å². The summed E-state index contributed by atoms with van der Waals surface area (Å²) < 4.78 is 0. The lowest BCUT2D eigenvalue weighted by atomic mass is 9.82. The number of benzene rings is 3. The lowest BCUT2D eigenvalue weighted by Gasteiger charge is -2.22. The van der Waals surface area contributed by atoms with Crippen LogP contribution in [-0.4, -0.2) is 0 Å². The minimum Gasteiger partial charge on any atom is -0.0561 e. The largest absolute Gasteiger partial charge is 0.0561 e. The second-order valence-electron chi connectivity index (χ2n) is 9.38. The number of rotatable bonds is 0. The van der Waals surface area contributed by atoms with Gasteiger partial charge in [0, 0.05) is 0 Å². The van der Waals surface area contributed by atoms with Gasteiger partial charge in [-0.3, -0.25) is 0 Å². The molecule has 0 saturated carbocycles. The van der Waals surface area contributed by atoms with Gasteiger partial charge in [-0.1, -0.05) is 65.8 Å². The van der Waals surface area contributed by atoms with Crippen LogP contribution >= 0.6 is 0 Å². The molecule has 3 aromatic rings. The van der Waals surface area contributed by atoms with E-state index in [9.17, 15) is 0 Å². The molecular weight excluding hydrogens is 288 g/mol. The van der Waals surface area contributed by atoms with Crippen molar-refractivity contribution in [2.45, 2.75) is 66.2 Å². The van der Waals surface area contributed by atoms with Crippen LogP contribution in [0.3, 0.4) is 0 Å². The summed E-state index contributed by atoms with van der Waals surface area (Å²) in [5, 5.41) is 5.47. The molecule has 0 spiro atoms. The topological polar surface area (TPSA) is 0 Å². The van der Waals surface area contributed by atoms with Gasteiger partial charge in [0.15, 0.2) is 0 Å². The van der Waals surface area contributed by atoms with Crippen molar-refractivity contribution in [3.63, 3.8) is 0 Å². The molecule has 0 aliphatic carbocycles. The van der Waals surface area contributed by atoms with E-state index in [0.717, 1.165) is 0 Å². The molecule has 3 rings (SSSR count). The molecule has 3 aromatic carbocycles. The zero-order chi connectivity index (χ0) is 17.9. The maximum Gasteiger partial charge on any atom is -0.0132 e. The monoisotopic (exact) mass is 318 g/mol. The van der Waals surface area contributed by atoms with Crippen LogP contribution in [0.25, 0.3) is 21.5 Å². The zero-order valence-corrected chi connectivity index (χ0v) is 16.5. The van der Waals surface area contributed by atoms with Crippen molar-refractivity contribution < 1.29 is 0 Å². The zero-order valence-electron chi connectivity index (χ0n) is 16.5. The molecule has 0 nitrogen and oxygen atoms in total. The summed E-state index contributed by atoms with van der Waals surface area (Å²) in [5.41, 5.74) is 5.93. The quantitative estimate of drug-likeness (QED) is 0.384. The highest BCUT2D eigenvalue weighted by atomic mass is 14.2. The third kappa shape index (κ3) is 2.95. The van der Waals surface area contributed by atoms with Crippen LogP contribution in [0.4, 0.5) is 0 Å². The highest BCUT2D eigenvalue weighted by molar-refractivity contribution is 6.01. The molecule has 0 aliphatic heterocycles. The molecule has 0 bridgehead atoms. The lowest BCUT2D eigenvalue weighted by molar-refractivity contribution is 0.590. The summed E-state index contributed by atoms with van der Waals surface area (Å²) in [7, 11) is 0. The van der Waals surface area contributed by atoms with Crippen molar-refractivity contribution in [2.24, 2.45) is 0 Å². The Bertz CT molecular complexity index is 853. The van der Waals surface area contributed by atoms with Gasteiger partial charge in [0.1, 0.15) is 0 Å². The van der Waals surface area contributed by atoms with E-state index in [-0.39, 0.29) is 10.8 Å². The third-order valence-electron chi connectivity index (χ3n) is 5.17. The van der Waals surface area contributed by atoms with Crippen LogP contribution in [0.5, 0.6) is 0 Å². The second-order valence-corrected chi connectivity index (χ2v) is 9.38. The average Bonchev–Trinajstić information content (AvgIpc) is 2.43. The Morgan fingerprint density at radius 3 is 1.21 bits per heavy atom. The molecule has 0 fully saturated rings. The van der Waals surface area contributed by atoms with Crippen molar-refractivity contribution >= 4 is 21.5 Å². The number of aryl methyl sites for hydroxylation is 2. The summed E-state index contributed by atoms with van der Waals surface area (Å²) in [5.74, 6) is 0. The van der Waals surface area contributed by atoms with Crippen LogP contribution in [0, 0.1) is 13.8 Å². The van der Waals surface area contributed by atoms with E-state index in [4.69, 9.17) is 0 Å². The van der Waals surface area contributed by atoms with Crippen LogP contribution in [0.2, 0.25) is 0 Å². The molecule has 0 amide bonds. The predicted molar refractivity (Wildman–Crippen MR) is 108 cm³/mol. The van der Waals surface area contributed by atoms with Gasteiger partial charge in [-0.15, -0.1) is 0 Å². The van der Waals surface area contributed by atoms with Crippen LogP contribution in [0.15, 0.2) is 36.4 Å². The smallest absolute Gasteiger partial charge is 0.0132 e. The minimum atomic E-state index is 0.178.